The average Bonchev–Trinajstić information content (AvgIpc) is 2.88. The van der Waals surface area contributed by atoms with Crippen molar-refractivity contribution < 1.29 is 9.72 Å². The van der Waals surface area contributed by atoms with E-state index in [1.54, 1.807) is 0 Å². The minimum absolute atomic E-state index is 0.0235. The van der Waals surface area contributed by atoms with Crippen LogP contribution in [0, 0.1) is 10.1 Å². The number of carbonyl (C=O) groups is 1. The number of nitrogens with two attached hydrogens (primary N) is 1. The van der Waals surface area contributed by atoms with Crippen molar-refractivity contribution in [1.82, 2.24) is 25.5 Å². The van der Waals surface area contributed by atoms with Crippen LogP contribution in [0.25, 0.3) is 0 Å². The van der Waals surface area contributed by atoms with Gasteiger partial charge in [-0.15, -0.1) is 0 Å². The summed E-state index contributed by atoms with van der Waals surface area (Å²) in [5, 5.41) is 19.4. The minimum atomic E-state index is -0.699. The van der Waals surface area contributed by atoms with Gasteiger partial charge in [0.15, 0.2) is 0 Å². The van der Waals surface area contributed by atoms with Crippen LogP contribution in [0.2, 0.25) is 0 Å². The van der Waals surface area contributed by atoms with Gasteiger partial charge in [-0.05, 0) is 6.07 Å². The molecular weight excluding hydrogens is 254 g/mol. The normalized spacial score (nSPS) is 10.1. The highest BCUT2D eigenvalue weighted by molar-refractivity contribution is 5.98. The van der Waals surface area contributed by atoms with Crippen LogP contribution in [0.15, 0.2) is 18.6 Å². The van der Waals surface area contributed by atoms with Gasteiger partial charge < -0.3 is 11.1 Å². The fourth-order valence-electron chi connectivity index (χ4n) is 1.37. The van der Waals surface area contributed by atoms with E-state index < -0.39 is 16.5 Å². The first-order valence-corrected chi connectivity index (χ1v) is 5.10. The summed E-state index contributed by atoms with van der Waals surface area (Å²) in [5.74, 6) is -0.189. The number of anilines is 1. The maximum atomic E-state index is 11.9. The van der Waals surface area contributed by atoms with Crippen LogP contribution in [0.3, 0.4) is 0 Å². The van der Waals surface area contributed by atoms with Crippen molar-refractivity contribution in [2.24, 2.45) is 0 Å². The third-order valence-electron chi connectivity index (χ3n) is 2.23. The summed E-state index contributed by atoms with van der Waals surface area (Å²) in [7, 11) is 0. The number of nitrogens with one attached hydrogen (secondary N) is 2. The first kappa shape index (κ1) is 12.4. The summed E-state index contributed by atoms with van der Waals surface area (Å²) in [6.07, 6.45) is 2.23. The van der Waals surface area contributed by atoms with Gasteiger partial charge in [0.05, 0.1) is 11.5 Å². The molecule has 4 N–H and O–H groups in total. The monoisotopic (exact) mass is 263 g/mol. The Hall–Kier alpha value is -3.04. The molecule has 0 atom stereocenters. The van der Waals surface area contributed by atoms with E-state index in [4.69, 9.17) is 5.73 Å². The predicted molar refractivity (Wildman–Crippen MR) is 62.9 cm³/mol. The third-order valence-corrected chi connectivity index (χ3v) is 2.23. The van der Waals surface area contributed by atoms with Gasteiger partial charge >= 0.3 is 0 Å². The van der Waals surface area contributed by atoms with Crippen LogP contribution in [0.1, 0.15) is 16.2 Å². The van der Waals surface area contributed by atoms with Gasteiger partial charge in [-0.3, -0.25) is 20.0 Å². The number of hydrogen-bond acceptors (Lipinski definition) is 7. The number of amides is 1. The zero-order valence-electron chi connectivity index (χ0n) is 9.53. The number of nitrogen functional groups attached to an aromatic ring is 1. The molecule has 98 valence electrons. The highest BCUT2D eigenvalue weighted by Gasteiger charge is 2.21. The van der Waals surface area contributed by atoms with E-state index in [0.29, 0.717) is 5.82 Å². The van der Waals surface area contributed by atoms with Gasteiger partial charge in [0, 0.05) is 0 Å². The van der Waals surface area contributed by atoms with Crippen molar-refractivity contribution >= 4 is 17.4 Å². The van der Waals surface area contributed by atoms with Gasteiger partial charge in [0.25, 0.3) is 11.6 Å². The SMILES string of the molecule is Nc1cc(C(=O)NCc2ncn[nH]2)c([N+](=O)[O-])cn1. The quantitative estimate of drug-likeness (QED) is 0.501. The minimum Gasteiger partial charge on any atom is -0.384 e. The molecule has 0 saturated heterocycles. The number of aromatic nitrogens is 4. The fraction of sp³-hybridized carbons (Fsp3) is 0.111. The molecule has 0 unspecified atom stereocenters. The number of rotatable bonds is 4. The van der Waals surface area contributed by atoms with Crippen molar-refractivity contribution in [2.45, 2.75) is 6.54 Å². The molecule has 0 spiro atoms. The first-order valence-electron chi connectivity index (χ1n) is 5.10. The summed E-state index contributed by atoms with van der Waals surface area (Å²) in [5.41, 5.74) is 4.85. The van der Waals surface area contributed by atoms with Gasteiger partial charge in [-0.25, -0.2) is 9.97 Å². The molecule has 1 amide bonds. The van der Waals surface area contributed by atoms with Crippen molar-refractivity contribution in [3.63, 3.8) is 0 Å². The summed E-state index contributed by atoms with van der Waals surface area (Å²) >= 11 is 0. The molecule has 2 rings (SSSR count). The maximum absolute atomic E-state index is 11.9. The number of H-pyrrole nitrogens is 1. The summed E-state index contributed by atoms with van der Waals surface area (Å²) < 4.78 is 0. The van der Waals surface area contributed by atoms with Crippen molar-refractivity contribution in [3.05, 3.63) is 40.1 Å². The lowest BCUT2D eigenvalue weighted by atomic mass is 10.2. The summed E-state index contributed by atoms with van der Waals surface area (Å²) in [4.78, 5) is 29.3. The molecule has 0 fully saturated rings. The van der Waals surface area contributed by atoms with Gasteiger partial charge in [-0.1, -0.05) is 0 Å². The van der Waals surface area contributed by atoms with Crippen LogP contribution < -0.4 is 11.1 Å². The molecule has 2 aromatic heterocycles. The Bertz CT molecular complexity index is 610. The van der Waals surface area contributed by atoms with Crippen LogP contribution in [-0.2, 0) is 6.54 Å². The molecular formula is C9H9N7O3. The maximum Gasteiger partial charge on any atom is 0.300 e. The van der Waals surface area contributed by atoms with E-state index in [1.165, 1.54) is 6.33 Å². The smallest absolute Gasteiger partial charge is 0.300 e. The molecule has 0 aliphatic carbocycles. The Morgan fingerprint density at radius 2 is 2.32 bits per heavy atom. The van der Waals surface area contributed by atoms with Gasteiger partial charge in [-0.2, -0.15) is 5.10 Å². The number of carbonyl (C=O) groups excluding carboxylic acids is 1. The lowest BCUT2D eigenvalue weighted by Crippen LogP contribution is -2.24. The van der Waals surface area contributed by atoms with E-state index in [9.17, 15) is 14.9 Å². The molecule has 0 saturated carbocycles. The Morgan fingerprint density at radius 3 is 2.95 bits per heavy atom. The van der Waals surface area contributed by atoms with E-state index in [2.05, 4.69) is 25.5 Å². The van der Waals surface area contributed by atoms with E-state index in [-0.39, 0.29) is 17.9 Å². The Kier molecular flexibility index (Phi) is 3.32. The second-order valence-electron chi connectivity index (χ2n) is 3.50. The van der Waals surface area contributed by atoms with Gasteiger partial charge in [0.2, 0.25) is 0 Å². The average molecular weight is 263 g/mol. The van der Waals surface area contributed by atoms with Crippen LogP contribution in [0.4, 0.5) is 11.5 Å². The summed E-state index contributed by atoms with van der Waals surface area (Å²) in [6.45, 7) is 0.0677. The van der Waals surface area contributed by atoms with Crippen LogP contribution in [-0.4, -0.2) is 31.0 Å². The molecule has 0 aliphatic rings. The lowest BCUT2D eigenvalue weighted by molar-refractivity contribution is -0.385. The van der Waals surface area contributed by atoms with E-state index in [1.807, 2.05) is 0 Å². The molecule has 0 aromatic carbocycles. The number of aromatic amines is 1. The molecule has 0 aliphatic heterocycles. The predicted octanol–water partition coefficient (Wildman–Crippen LogP) is -0.380. The fourth-order valence-corrected chi connectivity index (χ4v) is 1.37. The highest BCUT2D eigenvalue weighted by atomic mass is 16.6. The zero-order valence-corrected chi connectivity index (χ0v) is 9.53. The van der Waals surface area contributed by atoms with Crippen molar-refractivity contribution in [3.8, 4) is 0 Å². The molecule has 0 bridgehead atoms. The van der Waals surface area contributed by atoms with Crippen LogP contribution >= 0.6 is 0 Å². The second kappa shape index (κ2) is 5.08. The molecule has 2 heterocycles. The Balaban J connectivity index is 2.18. The highest BCUT2D eigenvalue weighted by Crippen LogP contribution is 2.18. The van der Waals surface area contributed by atoms with Gasteiger partial charge in [0.1, 0.15) is 29.7 Å². The summed E-state index contributed by atoms with van der Waals surface area (Å²) in [6, 6.07) is 1.15. The van der Waals surface area contributed by atoms with E-state index in [0.717, 1.165) is 12.3 Å². The topological polar surface area (TPSA) is 153 Å². The zero-order chi connectivity index (χ0) is 13.8. The molecule has 10 nitrogen and oxygen atoms in total. The number of nitrogens with zero attached hydrogens (tertiary/aromatic N) is 4. The molecule has 10 heteroatoms. The standard InChI is InChI=1S/C9H9N7O3/c10-7-1-5(6(2-11-7)16(18)19)9(17)12-3-8-13-4-14-15-8/h1-2,4H,3H2,(H2,10,11)(H,12,17)(H,13,14,15). The Morgan fingerprint density at radius 1 is 1.53 bits per heavy atom. The first-order chi connectivity index (χ1) is 9.08. The molecule has 0 radical (unpaired) electrons. The lowest BCUT2D eigenvalue weighted by Gasteiger charge is -2.04. The Labute approximate surface area is 106 Å². The largest absolute Gasteiger partial charge is 0.384 e. The number of nitro groups is 1. The molecule has 19 heavy (non-hydrogen) atoms. The number of pyridine rings is 1. The van der Waals surface area contributed by atoms with Crippen LogP contribution in [0.5, 0.6) is 0 Å². The number of hydrogen-bond donors (Lipinski definition) is 3. The molecule has 2 aromatic rings. The van der Waals surface area contributed by atoms with Crippen molar-refractivity contribution in [1.29, 1.82) is 0 Å². The third kappa shape index (κ3) is 2.80. The van der Waals surface area contributed by atoms with Crippen molar-refractivity contribution in [2.75, 3.05) is 5.73 Å². The second-order valence-corrected chi connectivity index (χ2v) is 3.50. The van der Waals surface area contributed by atoms with E-state index >= 15 is 0 Å².